The molecular weight excluding hydrogens is 471 g/mol. The molecule has 0 aliphatic heterocycles. The number of carbonyl (C=O) groups is 1. The normalized spacial score (nSPS) is 21.2. The summed E-state index contributed by atoms with van der Waals surface area (Å²) < 4.78 is 89.5. The Labute approximate surface area is 185 Å². The number of anilines is 1. The number of nitrogens with zero attached hydrogens (tertiary/aromatic N) is 4. The number of carbonyl (C=O) groups excluding carboxylic acids is 1. The van der Waals surface area contributed by atoms with Crippen LogP contribution in [0.5, 0.6) is 0 Å². The Bertz CT molecular complexity index is 1210. The molecule has 2 aliphatic carbocycles. The molecule has 1 amide bonds. The maximum absolute atomic E-state index is 14.0. The lowest BCUT2D eigenvalue weighted by atomic mass is 9.67. The van der Waals surface area contributed by atoms with Crippen molar-refractivity contribution < 1.29 is 31.0 Å². The fraction of sp³-hybridized carbons (Fsp3) is 0.579. The van der Waals surface area contributed by atoms with E-state index in [9.17, 15) is 31.0 Å². The van der Waals surface area contributed by atoms with Crippen LogP contribution in [0.15, 0.2) is 17.3 Å². The summed E-state index contributed by atoms with van der Waals surface area (Å²) in [6.45, 7) is 1.24. The van der Waals surface area contributed by atoms with Crippen LogP contribution >= 0.6 is 0 Å². The van der Waals surface area contributed by atoms with Crippen LogP contribution in [-0.4, -0.2) is 42.3 Å². The minimum Gasteiger partial charge on any atom is -0.319 e. The zero-order valence-electron chi connectivity index (χ0n) is 17.7. The van der Waals surface area contributed by atoms with Crippen molar-refractivity contribution >= 4 is 21.3 Å². The van der Waals surface area contributed by atoms with Crippen molar-refractivity contribution in [2.45, 2.75) is 62.2 Å². The maximum atomic E-state index is 14.0. The van der Waals surface area contributed by atoms with Crippen molar-refractivity contribution in [3.05, 3.63) is 29.2 Å². The van der Waals surface area contributed by atoms with Crippen molar-refractivity contribution in [1.29, 1.82) is 4.78 Å². The van der Waals surface area contributed by atoms with E-state index in [1.165, 1.54) is 6.92 Å². The minimum atomic E-state index is -4.89. The SMILES string of the molecule is CC1(Cn2nc(C3CC3)c(C(F)(F)F)c2C(=O)Nc2cnnc(S(C)(=N)=O)c2)CC(F)(F)C1. The molecule has 0 radical (unpaired) electrons. The predicted molar refractivity (Wildman–Crippen MR) is 107 cm³/mol. The number of nitrogens with one attached hydrogen (secondary N) is 2. The van der Waals surface area contributed by atoms with Gasteiger partial charge in [0, 0.05) is 37.6 Å². The highest BCUT2D eigenvalue weighted by molar-refractivity contribution is 7.91. The van der Waals surface area contributed by atoms with Crippen LogP contribution in [0, 0.1) is 10.2 Å². The molecule has 2 fully saturated rings. The van der Waals surface area contributed by atoms with E-state index >= 15 is 0 Å². The largest absolute Gasteiger partial charge is 0.420 e. The molecule has 180 valence electrons. The fourth-order valence-corrected chi connectivity index (χ4v) is 4.77. The van der Waals surface area contributed by atoms with Crippen molar-refractivity contribution in [3.8, 4) is 0 Å². The van der Waals surface area contributed by atoms with Crippen molar-refractivity contribution in [2.75, 3.05) is 11.6 Å². The van der Waals surface area contributed by atoms with Gasteiger partial charge >= 0.3 is 6.18 Å². The average Bonchev–Trinajstić information content (AvgIpc) is 3.39. The van der Waals surface area contributed by atoms with Gasteiger partial charge in [0.05, 0.1) is 27.3 Å². The average molecular weight is 492 g/mol. The van der Waals surface area contributed by atoms with Crippen molar-refractivity contribution in [1.82, 2.24) is 20.0 Å². The standard InChI is InChI=1S/C19H21F5N6O2S/c1-17(7-18(20,21)8-17)9-30-15(13(19(22,23)24)14(29-30)10-3-4-10)16(31)27-11-5-12(28-26-6-11)33(2,25)32/h5-6,10,25H,3-4,7-9H2,1-2H3,(H,27,28,31). The van der Waals surface area contributed by atoms with E-state index in [1.54, 1.807) is 0 Å². The third-order valence-electron chi connectivity index (χ3n) is 5.63. The molecule has 0 spiro atoms. The topological polar surface area (TPSA) is 114 Å². The number of hydrogen-bond donors (Lipinski definition) is 2. The molecule has 2 heterocycles. The molecule has 0 aromatic carbocycles. The number of halogens is 5. The Morgan fingerprint density at radius 1 is 1.33 bits per heavy atom. The summed E-state index contributed by atoms with van der Waals surface area (Å²) in [5, 5.41) is 13.2. The minimum absolute atomic E-state index is 0.109. The first kappa shape index (κ1) is 23.5. The highest BCUT2D eigenvalue weighted by atomic mass is 32.2. The first-order chi connectivity index (χ1) is 15.1. The highest BCUT2D eigenvalue weighted by Crippen LogP contribution is 2.53. The van der Waals surface area contributed by atoms with Crippen LogP contribution in [0.4, 0.5) is 27.6 Å². The summed E-state index contributed by atoms with van der Waals surface area (Å²) in [6.07, 6.45) is -2.84. The van der Waals surface area contributed by atoms with Crippen LogP contribution in [0.25, 0.3) is 0 Å². The molecule has 0 saturated heterocycles. The monoisotopic (exact) mass is 492 g/mol. The lowest BCUT2D eigenvalue weighted by Crippen LogP contribution is -2.47. The molecule has 2 aliphatic rings. The first-order valence-corrected chi connectivity index (χ1v) is 12.0. The van der Waals surface area contributed by atoms with E-state index in [0.717, 1.165) is 23.2 Å². The Kier molecular flexibility index (Phi) is 5.30. The van der Waals surface area contributed by atoms with Gasteiger partial charge in [-0.05, 0) is 18.3 Å². The summed E-state index contributed by atoms with van der Waals surface area (Å²) in [5.74, 6) is -4.52. The lowest BCUT2D eigenvalue weighted by molar-refractivity contribution is -0.160. The van der Waals surface area contributed by atoms with Gasteiger partial charge in [-0.25, -0.2) is 17.8 Å². The summed E-state index contributed by atoms with van der Waals surface area (Å²) in [4.78, 5) is 13.1. The van der Waals surface area contributed by atoms with Gasteiger partial charge in [0.2, 0.25) is 5.92 Å². The number of rotatable bonds is 6. The number of alkyl halides is 5. The molecule has 1 atom stereocenters. The van der Waals surface area contributed by atoms with Gasteiger partial charge in [0.1, 0.15) is 11.3 Å². The van der Waals surface area contributed by atoms with Crippen LogP contribution in [-0.2, 0) is 22.5 Å². The second-order valence-electron chi connectivity index (χ2n) is 9.14. The second-order valence-corrected chi connectivity index (χ2v) is 11.2. The fourth-order valence-electron chi connectivity index (χ4n) is 4.21. The van der Waals surface area contributed by atoms with E-state index in [4.69, 9.17) is 4.78 Å². The number of amides is 1. The Balaban J connectivity index is 1.74. The van der Waals surface area contributed by atoms with Gasteiger partial charge < -0.3 is 5.32 Å². The molecule has 4 rings (SSSR count). The molecule has 14 heteroatoms. The third kappa shape index (κ3) is 4.84. The van der Waals surface area contributed by atoms with Gasteiger partial charge in [-0.3, -0.25) is 9.48 Å². The number of aromatic nitrogens is 4. The van der Waals surface area contributed by atoms with E-state index in [0.29, 0.717) is 12.8 Å². The van der Waals surface area contributed by atoms with E-state index in [1.807, 2.05) is 0 Å². The predicted octanol–water partition coefficient (Wildman–Crippen LogP) is 4.29. The van der Waals surface area contributed by atoms with Gasteiger partial charge in [-0.2, -0.15) is 23.4 Å². The molecule has 1 unspecified atom stereocenters. The molecule has 33 heavy (non-hydrogen) atoms. The van der Waals surface area contributed by atoms with Crippen LogP contribution in [0.3, 0.4) is 0 Å². The molecule has 2 saturated carbocycles. The van der Waals surface area contributed by atoms with E-state index in [2.05, 4.69) is 20.6 Å². The highest BCUT2D eigenvalue weighted by Gasteiger charge is 2.55. The molecule has 2 N–H and O–H groups in total. The third-order valence-corrected chi connectivity index (χ3v) is 6.63. The quantitative estimate of drug-likeness (QED) is 0.584. The van der Waals surface area contributed by atoms with E-state index in [-0.39, 0.29) is 23.0 Å². The second kappa shape index (κ2) is 7.43. The van der Waals surface area contributed by atoms with Gasteiger partial charge in [-0.15, -0.1) is 5.10 Å². The Morgan fingerprint density at radius 3 is 2.48 bits per heavy atom. The summed E-state index contributed by atoms with van der Waals surface area (Å²) in [7, 11) is -3.29. The lowest BCUT2D eigenvalue weighted by Gasteiger charge is -2.44. The zero-order chi connectivity index (χ0) is 24.4. The molecular formula is C19H21F5N6O2S. The van der Waals surface area contributed by atoms with Gasteiger partial charge in [0.15, 0.2) is 5.03 Å². The Morgan fingerprint density at radius 2 is 1.97 bits per heavy atom. The Hall–Kier alpha value is -2.64. The molecule has 2 aromatic heterocycles. The van der Waals surface area contributed by atoms with Crippen LogP contribution < -0.4 is 5.32 Å². The molecule has 8 nitrogen and oxygen atoms in total. The zero-order valence-corrected chi connectivity index (χ0v) is 18.5. The smallest absolute Gasteiger partial charge is 0.319 e. The van der Waals surface area contributed by atoms with Crippen molar-refractivity contribution in [3.63, 3.8) is 0 Å². The van der Waals surface area contributed by atoms with Crippen LogP contribution in [0.1, 0.15) is 60.3 Å². The first-order valence-electron chi connectivity index (χ1n) is 10.0. The summed E-state index contributed by atoms with van der Waals surface area (Å²) in [5.41, 5.74) is -3.35. The summed E-state index contributed by atoms with van der Waals surface area (Å²) >= 11 is 0. The molecule has 0 bridgehead atoms. The summed E-state index contributed by atoms with van der Waals surface area (Å²) in [6, 6.07) is 1.09. The van der Waals surface area contributed by atoms with Crippen molar-refractivity contribution in [2.24, 2.45) is 5.41 Å². The van der Waals surface area contributed by atoms with E-state index < -0.39 is 63.2 Å². The number of hydrogen-bond acceptors (Lipinski definition) is 6. The van der Waals surface area contributed by atoms with Crippen LogP contribution in [0.2, 0.25) is 0 Å². The van der Waals surface area contributed by atoms with Gasteiger partial charge in [-0.1, -0.05) is 6.92 Å². The van der Waals surface area contributed by atoms with Gasteiger partial charge in [0.25, 0.3) is 5.91 Å². The molecule has 2 aromatic rings. The maximum Gasteiger partial charge on any atom is 0.420 e.